The van der Waals surface area contributed by atoms with Crippen molar-refractivity contribution in [2.24, 2.45) is 0 Å². The Balaban J connectivity index is 1.20. The maximum Gasteiger partial charge on any atom is 0.238 e. The van der Waals surface area contributed by atoms with Gasteiger partial charge in [-0.2, -0.15) is 9.97 Å². The van der Waals surface area contributed by atoms with E-state index in [1.54, 1.807) is 0 Å². The molecule has 0 atom stereocenters. The van der Waals surface area contributed by atoms with E-state index in [1.165, 1.54) is 50.1 Å². The van der Waals surface area contributed by atoms with Gasteiger partial charge in [0.15, 0.2) is 11.6 Å². The van der Waals surface area contributed by atoms with Crippen LogP contribution in [0.3, 0.4) is 0 Å². The van der Waals surface area contributed by atoms with E-state index >= 15 is 0 Å². The summed E-state index contributed by atoms with van der Waals surface area (Å²) < 4.78 is 0. The summed E-state index contributed by atoms with van der Waals surface area (Å²) in [5.41, 5.74) is 22.1. The summed E-state index contributed by atoms with van der Waals surface area (Å²) >= 11 is 0. The summed E-state index contributed by atoms with van der Waals surface area (Å²) in [6, 6.07) is 75.6. The van der Waals surface area contributed by atoms with E-state index in [-0.39, 0.29) is 5.92 Å². The number of aromatic nitrogens is 3. The zero-order valence-electron chi connectivity index (χ0n) is 39.6. The van der Waals surface area contributed by atoms with E-state index < -0.39 is 0 Å². The van der Waals surface area contributed by atoms with Gasteiger partial charge < -0.3 is 0 Å². The van der Waals surface area contributed by atoms with Crippen molar-refractivity contribution in [1.82, 2.24) is 15.0 Å². The van der Waals surface area contributed by atoms with Crippen molar-refractivity contribution < 1.29 is 0 Å². The van der Waals surface area contributed by atoms with Crippen LogP contribution >= 0.6 is 0 Å². The van der Waals surface area contributed by atoms with E-state index in [0.29, 0.717) is 17.6 Å². The first-order valence-corrected chi connectivity index (χ1v) is 23.5. The smallest absolute Gasteiger partial charge is 0.238 e. The molecule has 4 heteroatoms. The third-order valence-corrected chi connectivity index (χ3v) is 13.0. The molecule has 0 aliphatic rings. The highest BCUT2D eigenvalue weighted by atomic mass is 15.3. The molecule has 0 N–H and O–H groups in total. The van der Waals surface area contributed by atoms with E-state index in [0.717, 1.165) is 55.9 Å². The predicted molar refractivity (Wildman–Crippen MR) is 284 cm³/mol. The molecule has 0 fully saturated rings. The van der Waals surface area contributed by atoms with Crippen LogP contribution in [0.25, 0.3) is 56.2 Å². The first kappa shape index (κ1) is 43.7. The maximum atomic E-state index is 5.41. The van der Waals surface area contributed by atoms with Gasteiger partial charge in [-0.05, 0) is 144 Å². The van der Waals surface area contributed by atoms with Gasteiger partial charge >= 0.3 is 0 Å². The minimum atomic E-state index is 0.0251. The normalized spacial score (nSPS) is 11.2. The standard InChI is InChI=1S/C64H54N4/c1-42-35-44(3)59(45(4)36-42)61(60-46(5)37-43(2)38-47(60)6)52-31-33-57(34-32-52)68(58-40-55(49-21-13-8-14-22-49)39-56(41-58)50-23-15-9-16-24-50)64-66-62(53-25-17-10-18-26-53)65-63(67-64)54-29-27-51(28-30-54)48-19-11-7-12-20-48/h7-41,61H,1-6H3. The molecule has 0 saturated carbocycles. The van der Waals surface area contributed by atoms with Gasteiger partial charge in [0.25, 0.3) is 0 Å². The van der Waals surface area contributed by atoms with Crippen LogP contribution in [0.4, 0.5) is 17.3 Å². The van der Waals surface area contributed by atoms with Gasteiger partial charge in [-0.1, -0.05) is 193 Å². The number of anilines is 3. The molecule has 1 heterocycles. The molecule has 1 aromatic heterocycles. The monoisotopic (exact) mass is 878 g/mol. The van der Waals surface area contributed by atoms with Crippen LogP contribution in [0.2, 0.25) is 0 Å². The van der Waals surface area contributed by atoms with Crippen molar-refractivity contribution in [2.45, 2.75) is 47.5 Å². The lowest BCUT2D eigenvalue weighted by Gasteiger charge is -2.28. The Hall–Kier alpha value is -8.21. The molecule has 0 aliphatic heterocycles. The quantitative estimate of drug-likeness (QED) is 0.121. The van der Waals surface area contributed by atoms with E-state index in [4.69, 9.17) is 15.0 Å². The molecule has 10 aromatic rings. The van der Waals surface area contributed by atoms with Crippen LogP contribution < -0.4 is 4.90 Å². The summed E-state index contributed by atoms with van der Waals surface area (Å²) in [5.74, 6) is 1.73. The lowest BCUT2D eigenvalue weighted by Crippen LogP contribution is -2.16. The van der Waals surface area contributed by atoms with Crippen LogP contribution in [-0.2, 0) is 0 Å². The Kier molecular flexibility index (Phi) is 12.2. The summed E-state index contributed by atoms with van der Waals surface area (Å²) in [7, 11) is 0. The molecule has 330 valence electrons. The van der Waals surface area contributed by atoms with Gasteiger partial charge in [-0.15, -0.1) is 0 Å². The molecular formula is C64H54N4. The molecule has 0 radical (unpaired) electrons. The molecular weight excluding hydrogens is 825 g/mol. The molecule has 0 unspecified atom stereocenters. The average molecular weight is 879 g/mol. The third-order valence-electron chi connectivity index (χ3n) is 13.0. The van der Waals surface area contributed by atoms with Crippen LogP contribution in [0.5, 0.6) is 0 Å². The molecule has 10 rings (SSSR count). The van der Waals surface area contributed by atoms with Crippen molar-refractivity contribution in [3.8, 4) is 56.2 Å². The number of aryl methyl sites for hydroxylation is 6. The predicted octanol–water partition coefficient (Wildman–Crippen LogP) is 16.7. The molecule has 0 saturated heterocycles. The average Bonchev–Trinajstić information content (AvgIpc) is 3.36. The Morgan fingerprint density at radius 3 is 1.09 bits per heavy atom. The van der Waals surface area contributed by atoms with Crippen LogP contribution in [0.15, 0.2) is 212 Å². The number of hydrogen-bond acceptors (Lipinski definition) is 4. The molecule has 0 bridgehead atoms. The fraction of sp³-hybridized carbons (Fsp3) is 0.109. The van der Waals surface area contributed by atoms with Crippen LogP contribution in [0, 0.1) is 41.5 Å². The van der Waals surface area contributed by atoms with Crippen molar-refractivity contribution in [3.05, 3.63) is 262 Å². The maximum absolute atomic E-state index is 5.41. The minimum Gasteiger partial charge on any atom is -0.279 e. The summed E-state index contributed by atoms with van der Waals surface area (Å²) in [4.78, 5) is 18.2. The zero-order valence-corrected chi connectivity index (χ0v) is 39.6. The molecule has 0 amide bonds. The SMILES string of the molecule is Cc1cc(C)c(C(c2ccc(N(c3cc(-c4ccccc4)cc(-c4ccccc4)c3)c3nc(-c4ccccc4)nc(-c4ccc(-c5ccccc5)cc4)n3)cc2)c2c(C)cc(C)cc2C)c(C)c1. The molecule has 0 spiro atoms. The fourth-order valence-corrected chi connectivity index (χ4v) is 10.1. The van der Waals surface area contributed by atoms with Gasteiger partial charge in [0, 0.05) is 22.7 Å². The largest absolute Gasteiger partial charge is 0.279 e. The van der Waals surface area contributed by atoms with Gasteiger partial charge in [-0.3, -0.25) is 4.90 Å². The Morgan fingerprint density at radius 2 is 0.662 bits per heavy atom. The number of nitrogens with zero attached hydrogens (tertiary/aromatic N) is 4. The second kappa shape index (κ2) is 18.9. The molecule has 9 aromatic carbocycles. The summed E-state index contributed by atoms with van der Waals surface area (Å²) in [6.07, 6.45) is 0. The Morgan fingerprint density at radius 1 is 0.309 bits per heavy atom. The topological polar surface area (TPSA) is 41.9 Å². The van der Waals surface area contributed by atoms with Crippen molar-refractivity contribution in [1.29, 1.82) is 0 Å². The van der Waals surface area contributed by atoms with Crippen molar-refractivity contribution in [3.63, 3.8) is 0 Å². The summed E-state index contributed by atoms with van der Waals surface area (Å²) in [5, 5.41) is 0. The third kappa shape index (κ3) is 9.01. The van der Waals surface area contributed by atoms with Gasteiger partial charge in [-0.25, -0.2) is 4.98 Å². The van der Waals surface area contributed by atoms with Gasteiger partial charge in [0.1, 0.15) is 0 Å². The van der Waals surface area contributed by atoms with E-state index in [9.17, 15) is 0 Å². The highest BCUT2D eigenvalue weighted by Gasteiger charge is 2.26. The molecule has 4 nitrogen and oxygen atoms in total. The second-order valence-electron chi connectivity index (χ2n) is 18.1. The first-order chi connectivity index (χ1) is 33.2. The number of benzene rings is 9. The van der Waals surface area contributed by atoms with Gasteiger partial charge in [0.05, 0.1) is 5.69 Å². The van der Waals surface area contributed by atoms with Crippen LogP contribution in [-0.4, -0.2) is 15.0 Å². The van der Waals surface area contributed by atoms with E-state index in [2.05, 4.69) is 234 Å². The van der Waals surface area contributed by atoms with Crippen molar-refractivity contribution in [2.75, 3.05) is 4.90 Å². The Bertz CT molecular complexity index is 3200. The first-order valence-electron chi connectivity index (χ1n) is 23.5. The van der Waals surface area contributed by atoms with Crippen molar-refractivity contribution >= 4 is 17.3 Å². The number of hydrogen-bond donors (Lipinski definition) is 0. The number of rotatable bonds is 11. The second-order valence-corrected chi connectivity index (χ2v) is 18.1. The lowest BCUT2D eigenvalue weighted by molar-refractivity contribution is 0.919. The zero-order chi connectivity index (χ0) is 46.7. The van der Waals surface area contributed by atoms with E-state index in [1.807, 2.05) is 24.3 Å². The highest BCUT2D eigenvalue weighted by molar-refractivity contribution is 5.84. The van der Waals surface area contributed by atoms with Crippen LogP contribution in [0.1, 0.15) is 56.0 Å². The fourth-order valence-electron chi connectivity index (χ4n) is 10.1. The summed E-state index contributed by atoms with van der Waals surface area (Å²) in [6.45, 7) is 13.4. The highest BCUT2D eigenvalue weighted by Crippen LogP contribution is 2.43. The minimum absolute atomic E-state index is 0.0251. The molecule has 68 heavy (non-hydrogen) atoms. The molecule has 0 aliphatic carbocycles. The lowest BCUT2D eigenvalue weighted by atomic mass is 9.77. The van der Waals surface area contributed by atoms with Gasteiger partial charge in [0.2, 0.25) is 5.95 Å². The Labute approximate surface area is 401 Å².